The maximum Gasteiger partial charge on any atom is 0.338 e. The van der Waals surface area contributed by atoms with Crippen LogP contribution in [-0.4, -0.2) is 35.3 Å². The van der Waals surface area contributed by atoms with Gasteiger partial charge in [-0.25, -0.2) is 9.78 Å². The minimum atomic E-state index is -0.311. The number of aryl methyl sites for hydroxylation is 2. The highest BCUT2D eigenvalue weighted by molar-refractivity contribution is 7.98. The van der Waals surface area contributed by atoms with E-state index in [1.54, 1.807) is 11.8 Å². The van der Waals surface area contributed by atoms with Crippen molar-refractivity contribution in [2.45, 2.75) is 44.6 Å². The zero-order valence-corrected chi connectivity index (χ0v) is 18.1. The van der Waals surface area contributed by atoms with Crippen LogP contribution < -0.4 is 0 Å². The standard InChI is InChI=1S/C23H28N2O3S/c1-4-27-14-8-13-25-21-12-11-18(22(26)28-5-2)15-20(21)24-23(25)29-16-19-10-7-6-9-17(19)3/h6-7,9-12,15H,4-5,8,13-14,16H2,1-3H3. The summed E-state index contributed by atoms with van der Waals surface area (Å²) in [6, 6.07) is 14.0. The molecule has 154 valence electrons. The fourth-order valence-electron chi connectivity index (χ4n) is 3.16. The van der Waals surface area contributed by atoms with E-state index in [0.717, 1.165) is 48.1 Å². The largest absolute Gasteiger partial charge is 0.462 e. The summed E-state index contributed by atoms with van der Waals surface area (Å²) in [5.74, 6) is 0.543. The molecule has 0 saturated heterocycles. The molecule has 29 heavy (non-hydrogen) atoms. The van der Waals surface area contributed by atoms with Crippen LogP contribution in [0.5, 0.6) is 0 Å². The number of fused-ring (bicyclic) bond motifs is 1. The van der Waals surface area contributed by atoms with Crippen LogP contribution in [0, 0.1) is 6.92 Å². The SMILES string of the molecule is CCOCCCn1c(SCc2ccccc2C)nc2cc(C(=O)OCC)ccc21. The highest BCUT2D eigenvalue weighted by atomic mass is 32.2. The van der Waals surface area contributed by atoms with Crippen LogP contribution in [0.4, 0.5) is 0 Å². The van der Waals surface area contributed by atoms with Crippen LogP contribution in [0.25, 0.3) is 11.0 Å². The lowest BCUT2D eigenvalue weighted by molar-refractivity contribution is 0.0526. The first-order valence-corrected chi connectivity index (χ1v) is 11.0. The van der Waals surface area contributed by atoms with Gasteiger partial charge in [-0.2, -0.15) is 0 Å². The summed E-state index contributed by atoms with van der Waals surface area (Å²) in [5.41, 5.74) is 4.97. The number of ether oxygens (including phenoxy) is 2. The Morgan fingerprint density at radius 2 is 1.97 bits per heavy atom. The van der Waals surface area contributed by atoms with Crippen molar-refractivity contribution in [3.8, 4) is 0 Å². The van der Waals surface area contributed by atoms with Crippen LogP contribution in [0.15, 0.2) is 47.6 Å². The molecular weight excluding hydrogens is 384 g/mol. The number of aromatic nitrogens is 2. The summed E-state index contributed by atoms with van der Waals surface area (Å²) in [6.07, 6.45) is 0.914. The molecule has 0 bridgehead atoms. The molecule has 0 aliphatic rings. The first-order chi connectivity index (χ1) is 14.1. The van der Waals surface area contributed by atoms with Crippen LogP contribution >= 0.6 is 11.8 Å². The first kappa shape index (κ1) is 21.4. The summed E-state index contributed by atoms with van der Waals surface area (Å²) in [4.78, 5) is 16.9. The maximum atomic E-state index is 12.1. The molecule has 0 fully saturated rings. The third-order valence-electron chi connectivity index (χ3n) is 4.72. The van der Waals surface area contributed by atoms with Crippen molar-refractivity contribution in [1.82, 2.24) is 9.55 Å². The third kappa shape index (κ3) is 5.40. The van der Waals surface area contributed by atoms with Gasteiger partial charge in [0.1, 0.15) is 0 Å². The van der Waals surface area contributed by atoms with E-state index in [0.29, 0.717) is 12.2 Å². The molecule has 0 unspecified atom stereocenters. The van der Waals surface area contributed by atoms with Gasteiger partial charge in [0.05, 0.1) is 23.2 Å². The van der Waals surface area contributed by atoms with E-state index in [4.69, 9.17) is 14.5 Å². The highest BCUT2D eigenvalue weighted by Gasteiger charge is 2.15. The van der Waals surface area contributed by atoms with E-state index in [1.807, 2.05) is 32.0 Å². The van der Waals surface area contributed by atoms with E-state index in [-0.39, 0.29) is 5.97 Å². The predicted molar refractivity (Wildman–Crippen MR) is 118 cm³/mol. The Hall–Kier alpha value is -2.31. The van der Waals surface area contributed by atoms with Gasteiger partial charge in [0.25, 0.3) is 0 Å². The van der Waals surface area contributed by atoms with Crippen LogP contribution in [0.3, 0.4) is 0 Å². The van der Waals surface area contributed by atoms with Gasteiger partial charge in [0.15, 0.2) is 5.16 Å². The molecule has 1 heterocycles. The van der Waals surface area contributed by atoms with Crippen molar-refractivity contribution in [2.75, 3.05) is 19.8 Å². The number of carbonyl (C=O) groups is 1. The Morgan fingerprint density at radius 3 is 2.72 bits per heavy atom. The molecule has 3 aromatic rings. The zero-order valence-electron chi connectivity index (χ0n) is 17.3. The maximum absolute atomic E-state index is 12.1. The van der Waals surface area contributed by atoms with E-state index in [2.05, 4.69) is 35.8 Å². The second-order valence-corrected chi connectivity index (χ2v) is 7.68. The van der Waals surface area contributed by atoms with Gasteiger partial charge in [-0.05, 0) is 56.5 Å². The molecule has 6 heteroatoms. The Morgan fingerprint density at radius 1 is 1.14 bits per heavy atom. The lowest BCUT2D eigenvalue weighted by Gasteiger charge is -2.10. The molecule has 0 atom stereocenters. The van der Waals surface area contributed by atoms with E-state index < -0.39 is 0 Å². The number of benzene rings is 2. The number of nitrogens with zero attached hydrogens (tertiary/aromatic N) is 2. The Kier molecular flexibility index (Phi) is 7.72. The Labute approximate surface area is 176 Å². The van der Waals surface area contributed by atoms with Crippen LogP contribution in [0.1, 0.15) is 41.8 Å². The number of thioether (sulfide) groups is 1. The molecule has 0 saturated carbocycles. The van der Waals surface area contributed by atoms with Crippen molar-refractivity contribution in [2.24, 2.45) is 0 Å². The minimum Gasteiger partial charge on any atom is -0.462 e. The molecule has 0 aliphatic heterocycles. The van der Waals surface area contributed by atoms with Crippen molar-refractivity contribution in [3.63, 3.8) is 0 Å². The van der Waals surface area contributed by atoms with E-state index in [9.17, 15) is 4.79 Å². The second kappa shape index (κ2) is 10.5. The molecule has 3 rings (SSSR count). The fraction of sp³-hybridized carbons (Fsp3) is 0.391. The van der Waals surface area contributed by atoms with Crippen LogP contribution in [-0.2, 0) is 21.8 Å². The minimum absolute atomic E-state index is 0.311. The number of rotatable bonds is 10. The molecule has 0 N–H and O–H groups in total. The summed E-state index contributed by atoms with van der Waals surface area (Å²) < 4.78 is 12.9. The summed E-state index contributed by atoms with van der Waals surface area (Å²) in [7, 11) is 0. The second-order valence-electron chi connectivity index (χ2n) is 6.74. The van der Waals surface area contributed by atoms with Gasteiger partial charge in [-0.1, -0.05) is 36.0 Å². The van der Waals surface area contributed by atoms with E-state index >= 15 is 0 Å². The highest BCUT2D eigenvalue weighted by Crippen LogP contribution is 2.28. The normalized spacial score (nSPS) is 11.1. The molecule has 5 nitrogen and oxygen atoms in total. The van der Waals surface area contributed by atoms with Gasteiger partial charge in [-0.3, -0.25) is 0 Å². The number of carbonyl (C=O) groups excluding carboxylic acids is 1. The quantitative estimate of drug-likeness (QED) is 0.259. The van der Waals surface area contributed by atoms with Gasteiger partial charge >= 0.3 is 5.97 Å². The van der Waals surface area contributed by atoms with E-state index in [1.165, 1.54) is 11.1 Å². The van der Waals surface area contributed by atoms with Crippen molar-refractivity contribution < 1.29 is 14.3 Å². The zero-order chi connectivity index (χ0) is 20.6. The Bertz CT molecular complexity index is 968. The topological polar surface area (TPSA) is 53.4 Å². The molecular formula is C23H28N2O3S. The number of esters is 1. The third-order valence-corrected chi connectivity index (χ3v) is 5.74. The van der Waals surface area contributed by atoms with Gasteiger partial charge in [0.2, 0.25) is 0 Å². The Balaban J connectivity index is 1.87. The summed E-state index contributed by atoms with van der Waals surface area (Å²) in [6.45, 7) is 8.58. The number of hydrogen-bond acceptors (Lipinski definition) is 5. The van der Waals surface area contributed by atoms with Crippen LogP contribution in [0.2, 0.25) is 0 Å². The summed E-state index contributed by atoms with van der Waals surface area (Å²) >= 11 is 1.72. The summed E-state index contributed by atoms with van der Waals surface area (Å²) in [5, 5.41) is 0.959. The molecule has 2 aromatic carbocycles. The van der Waals surface area contributed by atoms with Gasteiger partial charge < -0.3 is 14.0 Å². The lowest BCUT2D eigenvalue weighted by atomic mass is 10.1. The van der Waals surface area contributed by atoms with Crippen molar-refractivity contribution in [3.05, 3.63) is 59.2 Å². The fourth-order valence-corrected chi connectivity index (χ4v) is 4.28. The predicted octanol–water partition coefficient (Wildman–Crippen LogP) is 5.24. The first-order valence-electron chi connectivity index (χ1n) is 10.1. The molecule has 1 aromatic heterocycles. The molecule has 0 spiro atoms. The van der Waals surface area contributed by atoms with Gasteiger partial charge in [-0.15, -0.1) is 0 Å². The molecule has 0 amide bonds. The lowest BCUT2D eigenvalue weighted by Crippen LogP contribution is -2.05. The molecule has 0 radical (unpaired) electrons. The smallest absolute Gasteiger partial charge is 0.338 e. The monoisotopic (exact) mass is 412 g/mol. The number of imidazole rings is 1. The van der Waals surface area contributed by atoms with Gasteiger partial charge in [0, 0.05) is 25.5 Å². The average molecular weight is 413 g/mol. The number of hydrogen-bond donors (Lipinski definition) is 0. The van der Waals surface area contributed by atoms with Crippen molar-refractivity contribution >= 4 is 28.8 Å². The molecule has 0 aliphatic carbocycles. The average Bonchev–Trinajstić information content (AvgIpc) is 3.07. The van der Waals surface area contributed by atoms with Crippen molar-refractivity contribution in [1.29, 1.82) is 0 Å².